The first kappa shape index (κ1) is 9.44. The number of fused-ring (bicyclic) bond motifs is 1. The summed E-state index contributed by atoms with van der Waals surface area (Å²) in [6.07, 6.45) is 1.67. The molecule has 3 heteroatoms. The van der Waals surface area contributed by atoms with Gasteiger partial charge in [0.15, 0.2) is 0 Å². The van der Waals surface area contributed by atoms with Gasteiger partial charge in [-0.25, -0.2) is 0 Å². The zero-order valence-electron chi connectivity index (χ0n) is 8.62. The van der Waals surface area contributed by atoms with Crippen LogP contribution in [0.2, 0.25) is 0 Å². The molecule has 0 aromatic carbocycles. The highest BCUT2D eigenvalue weighted by Gasteiger charge is 2.32. The number of morpholine rings is 1. The van der Waals surface area contributed by atoms with Crippen LogP contribution in [0.25, 0.3) is 0 Å². The number of likely N-dealkylation sites (tertiary alicyclic amines) is 1. The van der Waals surface area contributed by atoms with E-state index in [1.54, 1.807) is 0 Å². The third kappa shape index (κ3) is 2.03. The first-order valence-electron chi connectivity index (χ1n) is 5.36. The minimum atomic E-state index is 0.435. The van der Waals surface area contributed by atoms with Gasteiger partial charge in [0.1, 0.15) is 0 Å². The monoisotopic (exact) mass is 184 g/mol. The van der Waals surface area contributed by atoms with E-state index >= 15 is 0 Å². The summed E-state index contributed by atoms with van der Waals surface area (Å²) >= 11 is 0. The number of hydrogen-bond acceptors (Lipinski definition) is 3. The van der Waals surface area contributed by atoms with Crippen molar-refractivity contribution >= 4 is 0 Å². The van der Waals surface area contributed by atoms with Crippen LogP contribution in [0.15, 0.2) is 0 Å². The van der Waals surface area contributed by atoms with Crippen molar-refractivity contribution in [3.63, 3.8) is 0 Å². The van der Waals surface area contributed by atoms with Gasteiger partial charge in [-0.2, -0.15) is 0 Å². The van der Waals surface area contributed by atoms with Crippen molar-refractivity contribution in [2.75, 3.05) is 26.2 Å². The largest absolute Gasteiger partial charge is 0.374 e. The predicted octanol–water partition coefficient (Wildman–Crippen LogP) is 0.457. The van der Waals surface area contributed by atoms with Crippen LogP contribution in [0.5, 0.6) is 0 Å². The van der Waals surface area contributed by atoms with Crippen molar-refractivity contribution in [2.24, 2.45) is 0 Å². The van der Waals surface area contributed by atoms with E-state index in [9.17, 15) is 0 Å². The molecule has 1 unspecified atom stereocenters. The smallest absolute Gasteiger partial charge is 0.0855 e. The summed E-state index contributed by atoms with van der Waals surface area (Å²) in [4.78, 5) is 2.51. The lowest BCUT2D eigenvalue weighted by Gasteiger charge is -2.43. The van der Waals surface area contributed by atoms with Gasteiger partial charge < -0.3 is 10.1 Å². The molecule has 0 aromatic rings. The first-order valence-corrected chi connectivity index (χ1v) is 5.36. The van der Waals surface area contributed by atoms with Gasteiger partial charge in [0.25, 0.3) is 0 Å². The lowest BCUT2D eigenvalue weighted by atomic mass is 9.99. The number of nitrogens with zero attached hydrogens (tertiary/aromatic N) is 1. The van der Waals surface area contributed by atoms with Gasteiger partial charge in [0, 0.05) is 31.7 Å². The number of rotatable bonds is 1. The van der Waals surface area contributed by atoms with Gasteiger partial charge >= 0.3 is 0 Å². The summed E-state index contributed by atoms with van der Waals surface area (Å²) in [5, 5.41) is 3.53. The van der Waals surface area contributed by atoms with E-state index in [-0.39, 0.29) is 0 Å². The van der Waals surface area contributed by atoms with Crippen molar-refractivity contribution < 1.29 is 4.74 Å². The van der Waals surface area contributed by atoms with Crippen LogP contribution in [0.4, 0.5) is 0 Å². The van der Waals surface area contributed by atoms with Crippen LogP contribution in [0.1, 0.15) is 20.3 Å². The maximum Gasteiger partial charge on any atom is 0.0855 e. The van der Waals surface area contributed by atoms with Crippen LogP contribution in [0, 0.1) is 0 Å². The quantitative estimate of drug-likeness (QED) is 0.640. The molecule has 1 N–H and O–H groups in total. The Balaban J connectivity index is 1.91. The van der Waals surface area contributed by atoms with E-state index in [1.807, 2.05) is 0 Å². The molecule has 2 aliphatic heterocycles. The summed E-state index contributed by atoms with van der Waals surface area (Å²) in [6.45, 7) is 8.76. The van der Waals surface area contributed by atoms with Gasteiger partial charge in [0.05, 0.1) is 12.7 Å². The van der Waals surface area contributed by atoms with Crippen molar-refractivity contribution in [3.05, 3.63) is 0 Å². The molecule has 0 spiro atoms. The van der Waals surface area contributed by atoms with Gasteiger partial charge in [-0.1, -0.05) is 0 Å². The average molecular weight is 184 g/mol. The Morgan fingerprint density at radius 2 is 2.31 bits per heavy atom. The molecule has 0 saturated carbocycles. The highest BCUT2D eigenvalue weighted by molar-refractivity contribution is 4.89. The summed E-state index contributed by atoms with van der Waals surface area (Å²) in [5.74, 6) is 0. The molecule has 2 aliphatic rings. The third-order valence-corrected chi connectivity index (χ3v) is 3.16. The second-order valence-corrected chi connectivity index (χ2v) is 4.35. The lowest BCUT2D eigenvalue weighted by molar-refractivity contribution is -0.0533. The standard InChI is InChI=1S/C10H20N2O/c1-8(2)12-5-3-9-10(7-12)13-6-4-11-9/h8-11H,3-7H2,1-2H3/t9?,10-/m0/s1. The second kappa shape index (κ2) is 3.95. The molecule has 2 saturated heterocycles. The molecular formula is C10H20N2O. The Kier molecular flexibility index (Phi) is 2.86. The van der Waals surface area contributed by atoms with Gasteiger partial charge in [0.2, 0.25) is 0 Å². The lowest BCUT2D eigenvalue weighted by Crippen LogP contribution is -2.58. The Morgan fingerprint density at radius 3 is 3.08 bits per heavy atom. The molecule has 0 bridgehead atoms. The highest BCUT2D eigenvalue weighted by Crippen LogP contribution is 2.18. The van der Waals surface area contributed by atoms with Crippen molar-refractivity contribution in [1.82, 2.24) is 10.2 Å². The number of ether oxygens (including phenoxy) is 1. The fourth-order valence-electron chi connectivity index (χ4n) is 2.27. The molecule has 13 heavy (non-hydrogen) atoms. The summed E-state index contributed by atoms with van der Waals surface area (Å²) in [5.41, 5.74) is 0. The van der Waals surface area contributed by atoms with Crippen molar-refractivity contribution in [1.29, 1.82) is 0 Å². The van der Waals surface area contributed by atoms with Crippen LogP contribution in [-0.2, 0) is 4.74 Å². The van der Waals surface area contributed by atoms with E-state index < -0.39 is 0 Å². The molecule has 0 aromatic heterocycles. The molecule has 2 heterocycles. The van der Waals surface area contributed by atoms with E-state index in [0.717, 1.165) is 19.7 Å². The molecule has 2 atom stereocenters. The van der Waals surface area contributed by atoms with Gasteiger partial charge in [-0.15, -0.1) is 0 Å². The molecule has 76 valence electrons. The van der Waals surface area contributed by atoms with E-state index in [0.29, 0.717) is 18.2 Å². The Bertz CT molecular complexity index is 172. The fourth-order valence-corrected chi connectivity index (χ4v) is 2.27. The van der Waals surface area contributed by atoms with Crippen LogP contribution in [-0.4, -0.2) is 49.3 Å². The Morgan fingerprint density at radius 1 is 1.46 bits per heavy atom. The summed E-state index contributed by atoms with van der Waals surface area (Å²) < 4.78 is 5.76. The highest BCUT2D eigenvalue weighted by atomic mass is 16.5. The van der Waals surface area contributed by atoms with E-state index in [2.05, 4.69) is 24.1 Å². The minimum absolute atomic E-state index is 0.435. The second-order valence-electron chi connectivity index (χ2n) is 4.35. The molecule has 0 aliphatic carbocycles. The summed E-state index contributed by atoms with van der Waals surface area (Å²) in [7, 11) is 0. The number of piperidine rings is 1. The number of nitrogens with one attached hydrogen (secondary N) is 1. The predicted molar refractivity (Wildman–Crippen MR) is 52.9 cm³/mol. The van der Waals surface area contributed by atoms with Crippen LogP contribution >= 0.6 is 0 Å². The maximum atomic E-state index is 5.76. The molecule has 2 rings (SSSR count). The Hall–Kier alpha value is -0.120. The normalized spacial score (nSPS) is 36.2. The van der Waals surface area contributed by atoms with Crippen LogP contribution < -0.4 is 5.32 Å². The average Bonchev–Trinajstić information content (AvgIpc) is 2.17. The topological polar surface area (TPSA) is 24.5 Å². The molecule has 0 amide bonds. The third-order valence-electron chi connectivity index (χ3n) is 3.16. The van der Waals surface area contributed by atoms with Gasteiger partial charge in [-0.05, 0) is 20.3 Å². The molecule has 3 nitrogen and oxygen atoms in total. The molecular weight excluding hydrogens is 164 g/mol. The van der Waals surface area contributed by atoms with Crippen molar-refractivity contribution in [2.45, 2.75) is 38.5 Å². The number of hydrogen-bond donors (Lipinski definition) is 1. The van der Waals surface area contributed by atoms with E-state index in [1.165, 1.54) is 13.0 Å². The molecule has 0 radical (unpaired) electrons. The minimum Gasteiger partial charge on any atom is -0.374 e. The van der Waals surface area contributed by atoms with Gasteiger partial charge in [-0.3, -0.25) is 4.90 Å². The molecule has 2 fully saturated rings. The maximum absolute atomic E-state index is 5.76. The fraction of sp³-hybridized carbons (Fsp3) is 1.00. The first-order chi connectivity index (χ1) is 6.27. The SMILES string of the molecule is CC(C)N1CCC2NCCO[C@H]2C1. The van der Waals surface area contributed by atoms with Crippen molar-refractivity contribution in [3.8, 4) is 0 Å². The summed E-state index contributed by atoms with van der Waals surface area (Å²) in [6, 6.07) is 1.27. The van der Waals surface area contributed by atoms with Crippen LogP contribution in [0.3, 0.4) is 0 Å². The van der Waals surface area contributed by atoms with E-state index in [4.69, 9.17) is 4.74 Å². The Labute approximate surface area is 80.4 Å². The zero-order chi connectivity index (χ0) is 9.26. The zero-order valence-corrected chi connectivity index (χ0v) is 8.62.